The summed E-state index contributed by atoms with van der Waals surface area (Å²) in [6, 6.07) is 11.9. The SMILES string of the molecule is Nc1c(Cl)nc(C(F)(F)c2ccccc2)nc1N(N)Cc1ccccc1S(=O)(=O)F. The standard InChI is InChI=1S/C18H15ClF3N5O2S/c19-15-14(23)16(26-17(25-15)18(20,21)12-7-2-1-3-8-12)27(24)10-11-6-4-5-9-13(11)30(22,28)29/h1-9H,10,23-24H2. The average molecular weight is 458 g/mol. The summed E-state index contributed by atoms with van der Waals surface area (Å²) in [6.45, 7) is -0.410. The predicted molar refractivity (Wildman–Crippen MR) is 106 cm³/mol. The number of hydrazine groups is 1. The van der Waals surface area contributed by atoms with E-state index < -0.39 is 38.6 Å². The first-order valence-electron chi connectivity index (χ1n) is 8.33. The van der Waals surface area contributed by atoms with Gasteiger partial charge in [-0.05, 0) is 11.6 Å². The Hall–Kier alpha value is -2.89. The van der Waals surface area contributed by atoms with Crippen molar-refractivity contribution in [2.75, 3.05) is 10.7 Å². The molecule has 3 rings (SSSR count). The maximum Gasteiger partial charge on any atom is 0.332 e. The minimum Gasteiger partial charge on any atom is -0.393 e. The lowest BCUT2D eigenvalue weighted by atomic mass is 10.1. The highest BCUT2D eigenvalue weighted by Gasteiger charge is 2.39. The molecular formula is C18H15ClF3N5O2S. The Kier molecular flexibility index (Phi) is 5.88. The van der Waals surface area contributed by atoms with Crippen LogP contribution >= 0.6 is 11.6 Å². The van der Waals surface area contributed by atoms with Gasteiger partial charge in [0.05, 0.1) is 6.54 Å². The Bertz CT molecular complexity index is 1180. The third-order valence-electron chi connectivity index (χ3n) is 4.14. The van der Waals surface area contributed by atoms with Crippen molar-refractivity contribution in [3.05, 3.63) is 76.7 Å². The first-order valence-corrected chi connectivity index (χ1v) is 10.1. The van der Waals surface area contributed by atoms with Gasteiger partial charge < -0.3 is 5.73 Å². The molecule has 1 heterocycles. The van der Waals surface area contributed by atoms with Gasteiger partial charge in [-0.1, -0.05) is 60.1 Å². The molecule has 0 atom stereocenters. The van der Waals surface area contributed by atoms with E-state index >= 15 is 0 Å². The van der Waals surface area contributed by atoms with Crippen LogP contribution in [-0.2, 0) is 22.7 Å². The number of benzene rings is 2. The molecule has 0 aliphatic rings. The number of nitrogen functional groups attached to an aromatic ring is 1. The highest BCUT2D eigenvalue weighted by Crippen LogP contribution is 2.37. The van der Waals surface area contributed by atoms with Crippen LogP contribution in [0.1, 0.15) is 17.0 Å². The largest absolute Gasteiger partial charge is 0.393 e. The Morgan fingerprint density at radius 3 is 2.27 bits per heavy atom. The lowest BCUT2D eigenvalue weighted by Gasteiger charge is -2.23. The van der Waals surface area contributed by atoms with Crippen molar-refractivity contribution in [1.82, 2.24) is 9.97 Å². The molecule has 0 saturated heterocycles. The van der Waals surface area contributed by atoms with E-state index in [1.165, 1.54) is 42.5 Å². The van der Waals surface area contributed by atoms with E-state index in [-0.39, 0.29) is 22.6 Å². The monoisotopic (exact) mass is 457 g/mol. The summed E-state index contributed by atoms with van der Waals surface area (Å²) >= 11 is 5.92. The van der Waals surface area contributed by atoms with Crippen molar-refractivity contribution in [1.29, 1.82) is 0 Å². The molecule has 0 saturated carbocycles. The van der Waals surface area contributed by atoms with Gasteiger partial charge in [0.15, 0.2) is 11.0 Å². The first-order chi connectivity index (χ1) is 14.0. The lowest BCUT2D eigenvalue weighted by molar-refractivity contribution is 0.0329. The molecule has 158 valence electrons. The van der Waals surface area contributed by atoms with Crippen LogP contribution in [0, 0.1) is 0 Å². The maximum atomic E-state index is 14.9. The van der Waals surface area contributed by atoms with Crippen LogP contribution in [0.3, 0.4) is 0 Å². The quantitative estimate of drug-likeness (QED) is 0.252. The van der Waals surface area contributed by atoms with E-state index in [1.54, 1.807) is 6.07 Å². The predicted octanol–water partition coefficient (Wildman–Crippen LogP) is 3.39. The number of aromatic nitrogens is 2. The van der Waals surface area contributed by atoms with E-state index in [0.29, 0.717) is 0 Å². The zero-order valence-corrected chi connectivity index (χ0v) is 16.7. The second-order valence-electron chi connectivity index (χ2n) is 6.19. The summed E-state index contributed by atoms with van der Waals surface area (Å²) in [5, 5.41) is 0.324. The van der Waals surface area contributed by atoms with E-state index in [0.717, 1.165) is 11.1 Å². The lowest BCUT2D eigenvalue weighted by Crippen LogP contribution is -2.33. The second kappa shape index (κ2) is 8.09. The third kappa shape index (κ3) is 4.32. The molecule has 0 aliphatic heterocycles. The zero-order valence-electron chi connectivity index (χ0n) is 15.1. The molecule has 0 fully saturated rings. The van der Waals surface area contributed by atoms with Crippen LogP contribution in [-0.4, -0.2) is 18.4 Å². The van der Waals surface area contributed by atoms with E-state index in [4.69, 9.17) is 23.2 Å². The summed E-state index contributed by atoms with van der Waals surface area (Å²) in [5.41, 5.74) is 5.08. The van der Waals surface area contributed by atoms with Crippen molar-refractivity contribution < 1.29 is 21.1 Å². The van der Waals surface area contributed by atoms with Crippen molar-refractivity contribution in [3.63, 3.8) is 0 Å². The van der Waals surface area contributed by atoms with Crippen molar-refractivity contribution >= 4 is 33.3 Å². The molecule has 0 unspecified atom stereocenters. The molecule has 30 heavy (non-hydrogen) atoms. The molecule has 0 radical (unpaired) electrons. The van der Waals surface area contributed by atoms with Gasteiger partial charge in [0, 0.05) is 5.56 Å². The van der Waals surface area contributed by atoms with Crippen LogP contribution < -0.4 is 16.6 Å². The van der Waals surface area contributed by atoms with E-state index in [1.807, 2.05) is 0 Å². The molecule has 0 aliphatic carbocycles. The first kappa shape index (κ1) is 21.8. The Morgan fingerprint density at radius 2 is 1.63 bits per heavy atom. The zero-order chi connectivity index (χ0) is 22.1. The fraction of sp³-hybridized carbons (Fsp3) is 0.111. The molecule has 0 spiro atoms. The van der Waals surface area contributed by atoms with Gasteiger partial charge in [0.2, 0.25) is 5.82 Å². The summed E-state index contributed by atoms with van der Waals surface area (Å²) in [6.07, 6.45) is 0. The van der Waals surface area contributed by atoms with Crippen LogP contribution in [0.4, 0.5) is 24.2 Å². The minimum atomic E-state index is -5.04. The number of hydrogen-bond acceptors (Lipinski definition) is 7. The van der Waals surface area contributed by atoms with Crippen LogP contribution in [0.25, 0.3) is 0 Å². The highest BCUT2D eigenvalue weighted by molar-refractivity contribution is 7.86. The molecule has 0 amide bonds. The highest BCUT2D eigenvalue weighted by atomic mass is 35.5. The Morgan fingerprint density at radius 1 is 1.03 bits per heavy atom. The molecule has 2 aromatic carbocycles. The number of anilines is 2. The summed E-state index contributed by atoms with van der Waals surface area (Å²) in [4.78, 5) is 6.71. The van der Waals surface area contributed by atoms with Crippen molar-refractivity contribution in [2.24, 2.45) is 5.84 Å². The van der Waals surface area contributed by atoms with Crippen molar-refractivity contribution in [2.45, 2.75) is 17.4 Å². The van der Waals surface area contributed by atoms with Gasteiger partial charge in [-0.3, -0.25) is 5.01 Å². The van der Waals surface area contributed by atoms with Gasteiger partial charge in [-0.25, -0.2) is 15.8 Å². The van der Waals surface area contributed by atoms with Crippen LogP contribution in [0.2, 0.25) is 5.15 Å². The van der Waals surface area contributed by atoms with Crippen LogP contribution in [0.15, 0.2) is 59.5 Å². The Labute approximate surface area is 175 Å². The van der Waals surface area contributed by atoms with Gasteiger partial charge in [0.25, 0.3) is 0 Å². The molecule has 7 nitrogen and oxygen atoms in total. The molecule has 0 bridgehead atoms. The molecule has 1 aromatic heterocycles. The maximum absolute atomic E-state index is 14.9. The van der Waals surface area contributed by atoms with Gasteiger partial charge in [0.1, 0.15) is 10.6 Å². The smallest absolute Gasteiger partial charge is 0.332 e. The van der Waals surface area contributed by atoms with Gasteiger partial charge in [-0.2, -0.15) is 17.2 Å². The number of nitrogens with zero attached hydrogens (tertiary/aromatic N) is 3. The summed E-state index contributed by atoms with van der Waals surface area (Å²) in [5.74, 6) is 0.963. The van der Waals surface area contributed by atoms with Crippen molar-refractivity contribution in [3.8, 4) is 0 Å². The Balaban J connectivity index is 2.03. The fourth-order valence-corrected chi connectivity index (χ4v) is 3.55. The topological polar surface area (TPSA) is 115 Å². The number of alkyl halides is 2. The van der Waals surface area contributed by atoms with E-state index in [2.05, 4.69) is 9.97 Å². The molecular weight excluding hydrogens is 443 g/mol. The molecule has 12 heteroatoms. The van der Waals surface area contributed by atoms with Gasteiger partial charge in [-0.15, -0.1) is 3.89 Å². The van der Waals surface area contributed by atoms with E-state index in [9.17, 15) is 21.1 Å². The number of nitrogens with two attached hydrogens (primary N) is 2. The molecule has 3 aromatic rings. The third-order valence-corrected chi connectivity index (χ3v) is 5.36. The fourth-order valence-electron chi connectivity index (χ4n) is 2.70. The number of rotatable bonds is 6. The average Bonchev–Trinajstić information content (AvgIpc) is 2.70. The number of halogens is 4. The normalized spacial score (nSPS) is 12.0. The number of hydrogen-bond donors (Lipinski definition) is 2. The minimum absolute atomic E-state index is 0.0343. The molecule has 4 N–H and O–H groups in total. The summed E-state index contributed by atoms with van der Waals surface area (Å²) < 4.78 is 66.0. The summed E-state index contributed by atoms with van der Waals surface area (Å²) in [7, 11) is -5.04. The van der Waals surface area contributed by atoms with Crippen LogP contribution in [0.5, 0.6) is 0 Å². The second-order valence-corrected chi connectivity index (χ2v) is 7.86. The van der Waals surface area contributed by atoms with Gasteiger partial charge >= 0.3 is 16.1 Å².